The highest BCUT2D eigenvalue weighted by molar-refractivity contribution is 7.47. The van der Waals surface area contributed by atoms with Crippen LogP contribution in [0.2, 0.25) is 0 Å². The maximum atomic E-state index is 12.7. The lowest BCUT2D eigenvalue weighted by Gasteiger charge is -2.20. The van der Waals surface area contributed by atoms with Gasteiger partial charge in [0.1, 0.15) is 12.7 Å². The van der Waals surface area contributed by atoms with Gasteiger partial charge in [-0.1, -0.05) is 197 Å². The number of aliphatic hydroxyl groups excluding tert-OH is 2. The number of allylic oxidation sites excluding steroid dienone is 8. The van der Waals surface area contributed by atoms with Gasteiger partial charge in [0.05, 0.1) is 25.9 Å². The summed E-state index contributed by atoms with van der Waals surface area (Å²) in [4.78, 5) is 52.9. The lowest BCUT2D eigenvalue weighted by Crippen LogP contribution is -2.30. The molecule has 2 unspecified atom stereocenters. The minimum absolute atomic E-state index is 0.0983. The number of ether oxygens (including phenoxy) is 2. The van der Waals surface area contributed by atoms with Gasteiger partial charge < -0.3 is 34.4 Å². The molecule has 384 valence electrons. The highest BCUT2D eigenvalue weighted by Gasteiger charge is 2.28. The number of phosphoric acid groups is 2. The number of hydrogen-bond donors (Lipinski definition) is 5. The van der Waals surface area contributed by atoms with Gasteiger partial charge in [-0.25, -0.2) is 9.13 Å². The third-order valence-corrected chi connectivity index (χ3v) is 11.8. The molecule has 66 heavy (non-hydrogen) atoms. The molecule has 0 rings (SSSR count). The predicted molar refractivity (Wildman–Crippen MR) is 263 cm³/mol. The van der Waals surface area contributed by atoms with Gasteiger partial charge in [0.25, 0.3) is 0 Å². The monoisotopic (exact) mass is 977 g/mol. The van der Waals surface area contributed by atoms with Crippen LogP contribution in [0.1, 0.15) is 194 Å². The van der Waals surface area contributed by atoms with Crippen molar-refractivity contribution in [2.75, 3.05) is 26.4 Å². The molecule has 0 saturated carbocycles. The van der Waals surface area contributed by atoms with E-state index in [1.807, 2.05) is 55.5 Å². The normalized spacial score (nSPS) is 14.9. The molecule has 14 nitrogen and oxygen atoms in total. The molecule has 0 spiro atoms. The van der Waals surface area contributed by atoms with Gasteiger partial charge in [-0.2, -0.15) is 0 Å². The van der Waals surface area contributed by atoms with Crippen LogP contribution in [-0.2, 0) is 41.8 Å². The van der Waals surface area contributed by atoms with Gasteiger partial charge in [0.15, 0.2) is 6.10 Å². The number of hydrogen-bond acceptors (Lipinski definition) is 11. The van der Waals surface area contributed by atoms with Crippen LogP contribution < -0.4 is 0 Å². The number of rotatable bonds is 46. The molecule has 0 saturated heterocycles. The Morgan fingerprint density at radius 1 is 0.545 bits per heavy atom. The van der Waals surface area contributed by atoms with Crippen LogP contribution in [0.3, 0.4) is 0 Å². The topological polar surface area (TPSA) is 216 Å². The van der Waals surface area contributed by atoms with Gasteiger partial charge in [0, 0.05) is 12.8 Å². The third-order valence-electron chi connectivity index (χ3n) is 10.4. The fraction of sp³-hybridized carbons (Fsp3) is 0.760. The quantitative estimate of drug-likeness (QED) is 0.0126. The molecule has 16 heteroatoms. The van der Waals surface area contributed by atoms with E-state index in [4.69, 9.17) is 28.3 Å². The molecular formula is C50H90O14P2. The van der Waals surface area contributed by atoms with Gasteiger partial charge in [-0.3, -0.25) is 23.2 Å². The van der Waals surface area contributed by atoms with Crippen LogP contribution in [-0.4, -0.2) is 81.6 Å². The summed E-state index contributed by atoms with van der Waals surface area (Å²) in [5.41, 5.74) is 0. The summed E-state index contributed by atoms with van der Waals surface area (Å²) in [6.45, 7) is 3.82. The molecule has 0 radical (unpaired) electrons. The molecule has 5 N–H and O–H groups in total. The van der Waals surface area contributed by atoms with Crippen molar-refractivity contribution in [1.29, 1.82) is 0 Å². The van der Waals surface area contributed by atoms with E-state index in [0.29, 0.717) is 25.7 Å². The zero-order valence-corrected chi connectivity index (χ0v) is 42.6. The fourth-order valence-electron chi connectivity index (χ4n) is 6.65. The van der Waals surface area contributed by atoms with Crippen LogP contribution in [0.15, 0.2) is 60.8 Å². The van der Waals surface area contributed by atoms with Gasteiger partial charge in [-0.15, -0.1) is 0 Å². The molecule has 4 atom stereocenters. The van der Waals surface area contributed by atoms with Crippen LogP contribution in [0, 0.1) is 5.92 Å². The van der Waals surface area contributed by atoms with Gasteiger partial charge >= 0.3 is 27.6 Å². The summed E-state index contributed by atoms with van der Waals surface area (Å²) in [5, 5.41) is 19.6. The van der Waals surface area contributed by atoms with Crippen molar-refractivity contribution in [2.45, 2.75) is 212 Å². The number of carbonyl (C=O) groups excluding carboxylic acids is 2. The summed E-state index contributed by atoms with van der Waals surface area (Å²) >= 11 is 0. The van der Waals surface area contributed by atoms with E-state index in [9.17, 15) is 33.8 Å². The Morgan fingerprint density at radius 2 is 1.03 bits per heavy atom. The first-order valence-electron chi connectivity index (χ1n) is 24.9. The van der Waals surface area contributed by atoms with Crippen LogP contribution in [0.5, 0.6) is 0 Å². The zero-order valence-electron chi connectivity index (χ0n) is 40.8. The van der Waals surface area contributed by atoms with Crippen molar-refractivity contribution in [1.82, 2.24) is 0 Å². The van der Waals surface area contributed by atoms with Gasteiger partial charge in [0.2, 0.25) is 0 Å². The maximum Gasteiger partial charge on any atom is 0.472 e. The molecule has 0 fully saturated rings. The van der Waals surface area contributed by atoms with E-state index in [-0.39, 0.29) is 12.8 Å². The zero-order chi connectivity index (χ0) is 49.0. The third kappa shape index (κ3) is 48.2. The van der Waals surface area contributed by atoms with Gasteiger partial charge in [-0.05, 0) is 50.9 Å². The van der Waals surface area contributed by atoms with Crippen molar-refractivity contribution in [3.63, 3.8) is 0 Å². The molecule has 0 heterocycles. The Morgan fingerprint density at radius 3 is 1.59 bits per heavy atom. The smallest absolute Gasteiger partial charge is 0.462 e. The number of phosphoric ester groups is 2. The molecular weight excluding hydrogens is 886 g/mol. The van der Waals surface area contributed by atoms with E-state index < -0.39 is 72.3 Å². The second kappa shape index (κ2) is 44.0. The summed E-state index contributed by atoms with van der Waals surface area (Å²) < 4.78 is 47.9. The number of carbonyl (C=O) groups is 2. The highest BCUT2D eigenvalue weighted by Crippen LogP contribution is 2.44. The van der Waals surface area contributed by atoms with Crippen LogP contribution in [0.4, 0.5) is 0 Å². The molecule has 0 aromatic carbocycles. The Labute approximate surface area is 398 Å². The molecule has 0 aromatic rings. The first-order valence-corrected chi connectivity index (χ1v) is 28.0. The minimum atomic E-state index is -4.88. The van der Waals surface area contributed by atoms with Crippen molar-refractivity contribution in [3.05, 3.63) is 60.8 Å². The maximum absolute atomic E-state index is 12.7. The van der Waals surface area contributed by atoms with E-state index >= 15 is 0 Å². The SMILES string of the molecule is CC/C=C\C(O)C/C=C/C=C\C/C=C\C/C=C\CCCC(=O)OC[C@H](COP(=O)(O)OC[C@@H](O)COP(=O)(O)O)OC(=O)CCCCCCCCCCCCCCCCCCCCC(C)C. The van der Waals surface area contributed by atoms with E-state index in [1.165, 1.54) is 96.3 Å². The summed E-state index contributed by atoms with van der Waals surface area (Å²) in [5.74, 6) is -0.292. The standard InChI is InChI=1S/C50H90O14P2/c1-4-5-37-46(51)38-33-29-25-21-17-14-15-18-22-26-30-34-39-49(53)60-43-48(44-63-66(58,59)62-42-47(52)41-61-65(55,56)57)64-50(54)40-35-31-27-23-19-13-11-9-7-6-8-10-12-16-20-24-28-32-36-45(2)3/h5,14-15,21-22,25-26,29,33,37,45-48,51-52H,4,6-13,16-20,23-24,27-28,30-32,34-36,38-44H2,1-3H3,(H,58,59)(H2,55,56,57)/b15-14-,25-21-,26-22-,33-29+,37-5-/t46?,47-,48+/m0/s1. The van der Waals surface area contributed by atoms with Crippen LogP contribution in [0.25, 0.3) is 0 Å². The van der Waals surface area contributed by atoms with Crippen LogP contribution >= 0.6 is 15.6 Å². The summed E-state index contributed by atoms with van der Waals surface area (Å²) in [6.07, 6.45) is 44.2. The minimum Gasteiger partial charge on any atom is -0.462 e. The summed E-state index contributed by atoms with van der Waals surface area (Å²) in [7, 11) is -9.71. The largest absolute Gasteiger partial charge is 0.472 e. The van der Waals surface area contributed by atoms with Crippen molar-refractivity contribution in [3.8, 4) is 0 Å². The predicted octanol–water partition coefficient (Wildman–Crippen LogP) is 12.4. The molecule has 0 aliphatic heterocycles. The molecule has 0 aliphatic rings. The van der Waals surface area contributed by atoms with Crippen molar-refractivity contribution < 1.29 is 66.7 Å². The first kappa shape index (κ1) is 63.8. The summed E-state index contributed by atoms with van der Waals surface area (Å²) in [6, 6.07) is 0. The van der Waals surface area contributed by atoms with E-state index in [2.05, 4.69) is 24.4 Å². The van der Waals surface area contributed by atoms with Crippen molar-refractivity contribution in [2.24, 2.45) is 5.92 Å². The number of esters is 2. The molecule has 0 aliphatic carbocycles. The van der Waals surface area contributed by atoms with Crippen molar-refractivity contribution >= 4 is 27.6 Å². The van der Waals surface area contributed by atoms with E-state index in [0.717, 1.165) is 44.4 Å². The fourth-order valence-corrected chi connectivity index (χ4v) is 7.80. The lowest BCUT2D eigenvalue weighted by molar-refractivity contribution is -0.161. The molecule has 0 amide bonds. The number of unbranched alkanes of at least 4 members (excludes halogenated alkanes) is 18. The second-order valence-corrected chi connectivity index (χ2v) is 20.1. The average Bonchev–Trinajstić information content (AvgIpc) is 3.26. The second-order valence-electron chi connectivity index (χ2n) is 17.4. The van der Waals surface area contributed by atoms with E-state index in [1.54, 1.807) is 6.08 Å². The molecule has 0 bridgehead atoms. The molecule has 0 aromatic heterocycles. The lowest BCUT2D eigenvalue weighted by atomic mass is 10.0. The number of aliphatic hydroxyl groups is 2. The highest BCUT2D eigenvalue weighted by atomic mass is 31.2. The first-order chi connectivity index (χ1) is 31.6. The Bertz CT molecular complexity index is 1420. The Kier molecular flexibility index (Phi) is 42.5. The Balaban J connectivity index is 4.50. The Hall–Kier alpha value is -2.22. The average molecular weight is 977 g/mol.